The van der Waals surface area contributed by atoms with E-state index in [0.717, 1.165) is 23.7 Å². The molecule has 5 heteroatoms. The molecule has 1 aromatic rings. The molecule has 0 bridgehead atoms. The van der Waals surface area contributed by atoms with Gasteiger partial charge in [0.05, 0.1) is 6.04 Å². The molecule has 1 amide bonds. The highest BCUT2D eigenvalue weighted by Crippen LogP contribution is 2.15. The maximum absolute atomic E-state index is 11.9. The van der Waals surface area contributed by atoms with Crippen molar-refractivity contribution in [2.24, 2.45) is 0 Å². The topological polar surface area (TPSA) is 41.1 Å². The van der Waals surface area contributed by atoms with Crippen LogP contribution < -0.4 is 10.6 Å². The molecule has 104 valence electrons. The first-order valence-corrected chi connectivity index (χ1v) is 9.24. The van der Waals surface area contributed by atoms with Crippen molar-refractivity contribution in [3.8, 4) is 0 Å². The number of thioether (sulfide) groups is 1. The van der Waals surface area contributed by atoms with E-state index in [1.807, 2.05) is 12.1 Å². The summed E-state index contributed by atoms with van der Waals surface area (Å²) in [6, 6.07) is 8.17. The second-order valence-electron chi connectivity index (χ2n) is 4.60. The molecular weight excluding hydrogens is 371 g/mol. The molecule has 1 atom stereocenters. The molecule has 19 heavy (non-hydrogen) atoms. The van der Waals surface area contributed by atoms with E-state index in [1.54, 1.807) is 11.8 Å². The number of carbonyl (C=O) groups excluding carboxylic acids is 1. The Bertz CT molecular complexity index is 404. The first-order valence-electron chi connectivity index (χ1n) is 6.56. The van der Waals surface area contributed by atoms with E-state index in [2.05, 4.69) is 45.4 Å². The highest BCUT2D eigenvalue weighted by Gasteiger charge is 2.22. The first kappa shape index (κ1) is 15.1. The molecule has 1 saturated heterocycles. The molecule has 0 saturated carbocycles. The van der Waals surface area contributed by atoms with Gasteiger partial charge in [0.25, 0.3) is 0 Å². The van der Waals surface area contributed by atoms with Crippen molar-refractivity contribution in [3.05, 3.63) is 29.8 Å². The Hall–Kier alpha value is -0.270. The zero-order valence-corrected chi connectivity index (χ0v) is 13.8. The van der Waals surface area contributed by atoms with E-state index in [1.165, 1.54) is 22.8 Å². The number of alkyl halides is 1. The van der Waals surface area contributed by atoms with Crippen LogP contribution in [0.3, 0.4) is 0 Å². The lowest BCUT2D eigenvalue weighted by molar-refractivity contribution is -0.117. The lowest BCUT2D eigenvalue weighted by Gasteiger charge is -2.11. The Labute approximate surface area is 132 Å². The zero-order chi connectivity index (χ0) is 13.5. The van der Waals surface area contributed by atoms with Crippen LogP contribution in [-0.2, 0) is 11.2 Å². The predicted molar refractivity (Wildman–Crippen MR) is 91.1 cm³/mol. The number of halogens is 1. The quantitative estimate of drug-likeness (QED) is 0.446. The van der Waals surface area contributed by atoms with Crippen molar-refractivity contribution in [1.29, 1.82) is 0 Å². The average Bonchev–Trinajstić information content (AvgIpc) is 2.95. The van der Waals surface area contributed by atoms with Gasteiger partial charge in [-0.25, -0.2) is 0 Å². The van der Waals surface area contributed by atoms with Crippen molar-refractivity contribution in [1.82, 2.24) is 5.32 Å². The Morgan fingerprint density at radius 2 is 2.16 bits per heavy atom. The number of hydrogen-bond acceptors (Lipinski definition) is 3. The number of aryl methyl sites for hydroxylation is 1. The van der Waals surface area contributed by atoms with E-state index in [0.29, 0.717) is 0 Å². The van der Waals surface area contributed by atoms with Crippen molar-refractivity contribution in [2.45, 2.75) is 25.3 Å². The van der Waals surface area contributed by atoms with Crippen LogP contribution in [0.25, 0.3) is 0 Å². The first-order chi connectivity index (χ1) is 9.29. The molecule has 0 aliphatic carbocycles. The van der Waals surface area contributed by atoms with E-state index in [9.17, 15) is 4.79 Å². The van der Waals surface area contributed by atoms with Crippen molar-refractivity contribution >= 4 is 45.9 Å². The van der Waals surface area contributed by atoms with E-state index >= 15 is 0 Å². The van der Waals surface area contributed by atoms with Crippen LogP contribution in [0.2, 0.25) is 0 Å². The van der Waals surface area contributed by atoms with Crippen molar-refractivity contribution in [2.75, 3.05) is 21.4 Å². The standard InChI is InChI=1S/C14H19IN2OS/c15-8-2-1-3-11-4-6-12(7-5-11)17-14(18)13-9-19-10-16-13/h4-7,13,16H,1-3,8-10H2,(H,17,18). The predicted octanol–water partition coefficient (Wildman–Crippen LogP) is 3.05. The Morgan fingerprint density at radius 3 is 2.79 bits per heavy atom. The Balaban J connectivity index is 1.82. The number of unbranched alkanes of at least 4 members (excludes halogenated alkanes) is 1. The monoisotopic (exact) mass is 390 g/mol. The smallest absolute Gasteiger partial charge is 0.242 e. The summed E-state index contributed by atoms with van der Waals surface area (Å²) in [6.07, 6.45) is 3.62. The molecule has 2 N–H and O–H groups in total. The normalized spacial score (nSPS) is 18.5. The van der Waals surface area contributed by atoms with Crippen LogP contribution in [0.4, 0.5) is 5.69 Å². The van der Waals surface area contributed by atoms with Gasteiger partial charge in [-0.2, -0.15) is 0 Å². The second-order valence-corrected chi connectivity index (χ2v) is 6.71. The molecule has 1 heterocycles. The minimum atomic E-state index is -0.0478. The third-order valence-electron chi connectivity index (χ3n) is 3.10. The van der Waals surface area contributed by atoms with Crippen LogP contribution in [0.15, 0.2) is 24.3 Å². The summed E-state index contributed by atoms with van der Waals surface area (Å²) in [5, 5.41) is 6.13. The summed E-state index contributed by atoms with van der Waals surface area (Å²) >= 11 is 4.17. The van der Waals surface area contributed by atoms with Gasteiger partial charge < -0.3 is 5.32 Å². The van der Waals surface area contributed by atoms with Gasteiger partial charge >= 0.3 is 0 Å². The summed E-state index contributed by atoms with van der Waals surface area (Å²) in [7, 11) is 0. The molecule has 0 aromatic heterocycles. The minimum absolute atomic E-state index is 0.0478. The molecule has 1 aliphatic rings. The highest BCUT2D eigenvalue weighted by molar-refractivity contribution is 14.1. The van der Waals surface area contributed by atoms with Crippen LogP contribution in [-0.4, -0.2) is 28.0 Å². The Kier molecular flexibility index (Phi) is 6.46. The maximum atomic E-state index is 11.9. The third-order valence-corrected chi connectivity index (χ3v) is 4.81. The van der Waals surface area contributed by atoms with E-state index < -0.39 is 0 Å². The van der Waals surface area contributed by atoms with Gasteiger partial charge in [0, 0.05) is 17.3 Å². The fourth-order valence-electron chi connectivity index (χ4n) is 1.97. The molecule has 1 unspecified atom stereocenters. The maximum Gasteiger partial charge on any atom is 0.242 e. The molecule has 1 aliphatic heterocycles. The van der Waals surface area contributed by atoms with Crippen LogP contribution in [0.1, 0.15) is 18.4 Å². The fraction of sp³-hybridized carbons (Fsp3) is 0.500. The fourth-order valence-corrected chi connectivity index (χ4v) is 3.45. The average molecular weight is 390 g/mol. The number of carbonyl (C=O) groups is 1. The molecular formula is C14H19IN2OS. The number of hydrogen-bond donors (Lipinski definition) is 2. The van der Waals surface area contributed by atoms with Crippen molar-refractivity contribution < 1.29 is 4.79 Å². The summed E-state index contributed by atoms with van der Waals surface area (Å²) in [5.41, 5.74) is 2.23. The molecule has 1 fully saturated rings. The van der Waals surface area contributed by atoms with Gasteiger partial charge in [-0.05, 0) is 41.4 Å². The van der Waals surface area contributed by atoms with Gasteiger partial charge in [0.1, 0.15) is 0 Å². The summed E-state index contributed by atoms with van der Waals surface area (Å²) in [4.78, 5) is 11.9. The SMILES string of the molecule is O=C(Nc1ccc(CCCCI)cc1)C1CSCN1. The van der Waals surface area contributed by atoms with Gasteiger partial charge in [-0.3, -0.25) is 10.1 Å². The summed E-state index contributed by atoms with van der Waals surface area (Å²) in [5.74, 6) is 1.80. The number of amides is 1. The molecule has 0 radical (unpaired) electrons. The zero-order valence-electron chi connectivity index (χ0n) is 10.8. The lowest BCUT2D eigenvalue weighted by Crippen LogP contribution is -2.37. The van der Waals surface area contributed by atoms with Crippen LogP contribution in [0, 0.1) is 0 Å². The molecule has 3 nitrogen and oxygen atoms in total. The van der Waals surface area contributed by atoms with Gasteiger partial charge in [-0.15, -0.1) is 11.8 Å². The van der Waals surface area contributed by atoms with Gasteiger partial charge in [-0.1, -0.05) is 34.7 Å². The summed E-state index contributed by atoms with van der Waals surface area (Å²) < 4.78 is 1.22. The number of anilines is 1. The minimum Gasteiger partial charge on any atom is -0.325 e. The molecule has 2 rings (SSSR count). The number of nitrogens with one attached hydrogen (secondary N) is 2. The third kappa shape index (κ3) is 4.96. The lowest BCUT2D eigenvalue weighted by atomic mass is 10.1. The number of benzene rings is 1. The molecule has 1 aromatic carbocycles. The highest BCUT2D eigenvalue weighted by atomic mass is 127. The van der Waals surface area contributed by atoms with E-state index in [4.69, 9.17) is 0 Å². The Morgan fingerprint density at radius 1 is 1.37 bits per heavy atom. The summed E-state index contributed by atoms with van der Waals surface area (Å²) in [6.45, 7) is 0. The number of rotatable bonds is 6. The van der Waals surface area contributed by atoms with Crippen LogP contribution >= 0.6 is 34.4 Å². The molecule has 0 spiro atoms. The van der Waals surface area contributed by atoms with Gasteiger partial charge in [0.2, 0.25) is 5.91 Å². The van der Waals surface area contributed by atoms with E-state index in [-0.39, 0.29) is 11.9 Å². The van der Waals surface area contributed by atoms with Crippen molar-refractivity contribution in [3.63, 3.8) is 0 Å². The van der Waals surface area contributed by atoms with Crippen LogP contribution in [0.5, 0.6) is 0 Å². The van der Waals surface area contributed by atoms with Gasteiger partial charge in [0.15, 0.2) is 0 Å². The second kappa shape index (κ2) is 8.11. The largest absolute Gasteiger partial charge is 0.325 e.